The van der Waals surface area contributed by atoms with Gasteiger partial charge in [0.1, 0.15) is 25.8 Å². The SMILES string of the molecule is CC(C)CNC(=O)C(C)N(CCc1ccccc1)C(=O)CN(c1ccc2c(c1)OCCO2)S(C)(=O)=O. The normalized spacial score (nSPS) is 13.7. The van der Waals surface area contributed by atoms with E-state index >= 15 is 0 Å². The molecular weight excluding hydrogens is 482 g/mol. The number of nitrogens with one attached hydrogen (secondary N) is 1. The number of benzene rings is 2. The smallest absolute Gasteiger partial charge is 0.244 e. The lowest BCUT2D eigenvalue weighted by Crippen LogP contribution is -2.52. The number of hydrogen-bond donors (Lipinski definition) is 1. The molecule has 0 radical (unpaired) electrons. The highest BCUT2D eigenvalue weighted by Gasteiger charge is 2.30. The predicted molar refractivity (Wildman–Crippen MR) is 139 cm³/mol. The zero-order chi connectivity index (χ0) is 26.3. The molecule has 2 aromatic carbocycles. The molecule has 36 heavy (non-hydrogen) atoms. The molecule has 2 aromatic rings. The quantitative estimate of drug-likeness (QED) is 0.491. The number of amides is 2. The lowest BCUT2D eigenvalue weighted by atomic mass is 10.1. The Morgan fingerprint density at radius 2 is 1.67 bits per heavy atom. The maximum Gasteiger partial charge on any atom is 0.244 e. The van der Waals surface area contributed by atoms with E-state index < -0.39 is 28.5 Å². The number of carbonyl (C=O) groups is 2. The first-order chi connectivity index (χ1) is 17.1. The van der Waals surface area contributed by atoms with Gasteiger partial charge in [-0.1, -0.05) is 44.2 Å². The minimum atomic E-state index is -3.82. The molecule has 1 N–H and O–H groups in total. The topological polar surface area (TPSA) is 105 Å². The number of sulfonamides is 1. The number of anilines is 1. The molecule has 196 valence electrons. The molecule has 1 atom stereocenters. The number of ether oxygens (including phenoxy) is 2. The van der Waals surface area contributed by atoms with Crippen LogP contribution in [0.1, 0.15) is 26.3 Å². The van der Waals surface area contributed by atoms with Crippen molar-refractivity contribution in [2.24, 2.45) is 5.92 Å². The molecule has 0 fully saturated rings. The third-order valence-corrected chi connectivity index (χ3v) is 6.97. The van der Waals surface area contributed by atoms with Crippen molar-refractivity contribution in [3.05, 3.63) is 54.1 Å². The van der Waals surface area contributed by atoms with Gasteiger partial charge in [0, 0.05) is 19.2 Å². The highest BCUT2D eigenvalue weighted by atomic mass is 32.2. The van der Waals surface area contributed by atoms with Crippen LogP contribution in [-0.2, 0) is 26.0 Å². The second kappa shape index (κ2) is 12.1. The van der Waals surface area contributed by atoms with Gasteiger partial charge >= 0.3 is 0 Å². The Kier molecular flexibility index (Phi) is 9.19. The minimum Gasteiger partial charge on any atom is -0.486 e. The van der Waals surface area contributed by atoms with E-state index in [0.717, 1.165) is 16.1 Å². The second-order valence-corrected chi connectivity index (χ2v) is 11.1. The maximum atomic E-state index is 13.6. The van der Waals surface area contributed by atoms with Gasteiger partial charge < -0.3 is 19.7 Å². The van der Waals surface area contributed by atoms with Crippen LogP contribution in [-0.4, -0.2) is 70.3 Å². The fourth-order valence-corrected chi connectivity index (χ4v) is 4.66. The molecule has 3 rings (SSSR count). The summed E-state index contributed by atoms with van der Waals surface area (Å²) in [5.41, 5.74) is 1.30. The van der Waals surface area contributed by atoms with Crippen molar-refractivity contribution in [1.82, 2.24) is 10.2 Å². The summed E-state index contributed by atoms with van der Waals surface area (Å²) >= 11 is 0. The molecule has 0 bridgehead atoms. The van der Waals surface area contributed by atoms with Gasteiger partial charge in [0.2, 0.25) is 21.8 Å². The number of rotatable bonds is 11. The lowest BCUT2D eigenvalue weighted by molar-refractivity contribution is -0.138. The van der Waals surface area contributed by atoms with Crippen molar-refractivity contribution in [3.8, 4) is 11.5 Å². The molecule has 1 aliphatic rings. The Balaban J connectivity index is 1.84. The van der Waals surface area contributed by atoms with Gasteiger partial charge in [0.15, 0.2) is 11.5 Å². The Morgan fingerprint density at radius 3 is 2.31 bits per heavy atom. The Bertz CT molecular complexity index is 1150. The summed E-state index contributed by atoms with van der Waals surface area (Å²) in [5, 5.41) is 2.87. The summed E-state index contributed by atoms with van der Waals surface area (Å²) in [6.07, 6.45) is 1.57. The molecule has 0 spiro atoms. The van der Waals surface area contributed by atoms with E-state index in [1.807, 2.05) is 44.2 Å². The monoisotopic (exact) mass is 517 g/mol. The van der Waals surface area contributed by atoms with Crippen LogP contribution in [0.25, 0.3) is 0 Å². The van der Waals surface area contributed by atoms with Crippen LogP contribution in [0.4, 0.5) is 5.69 Å². The predicted octanol–water partition coefficient (Wildman–Crippen LogP) is 2.46. The number of hydrogen-bond acceptors (Lipinski definition) is 6. The molecule has 0 saturated heterocycles. The number of nitrogens with zero attached hydrogens (tertiary/aromatic N) is 2. The molecule has 2 amide bonds. The van der Waals surface area contributed by atoms with Crippen LogP contribution in [0.2, 0.25) is 0 Å². The third kappa shape index (κ3) is 7.36. The highest BCUT2D eigenvalue weighted by molar-refractivity contribution is 7.92. The van der Waals surface area contributed by atoms with Crippen molar-refractivity contribution in [3.63, 3.8) is 0 Å². The van der Waals surface area contributed by atoms with Gasteiger partial charge in [-0.2, -0.15) is 0 Å². The molecule has 9 nitrogen and oxygen atoms in total. The van der Waals surface area contributed by atoms with E-state index in [0.29, 0.717) is 37.7 Å². The number of fused-ring (bicyclic) bond motifs is 1. The number of carbonyl (C=O) groups excluding carboxylic acids is 2. The average molecular weight is 518 g/mol. The summed E-state index contributed by atoms with van der Waals surface area (Å²) in [7, 11) is -3.82. The highest BCUT2D eigenvalue weighted by Crippen LogP contribution is 2.34. The van der Waals surface area contributed by atoms with E-state index in [9.17, 15) is 18.0 Å². The summed E-state index contributed by atoms with van der Waals surface area (Å²) < 4.78 is 37.6. The molecule has 10 heteroatoms. The maximum absolute atomic E-state index is 13.6. The van der Waals surface area contributed by atoms with Gasteiger partial charge in [0.05, 0.1) is 11.9 Å². The van der Waals surface area contributed by atoms with E-state index in [4.69, 9.17) is 9.47 Å². The summed E-state index contributed by atoms with van der Waals surface area (Å²) in [4.78, 5) is 27.8. The van der Waals surface area contributed by atoms with Crippen LogP contribution in [0, 0.1) is 5.92 Å². The van der Waals surface area contributed by atoms with Gasteiger partial charge in [-0.05, 0) is 37.0 Å². The average Bonchev–Trinajstić information content (AvgIpc) is 2.85. The first kappa shape index (κ1) is 27.3. The van der Waals surface area contributed by atoms with Crippen LogP contribution < -0.4 is 19.1 Å². The zero-order valence-corrected chi connectivity index (χ0v) is 22.1. The van der Waals surface area contributed by atoms with Crippen LogP contribution in [0.3, 0.4) is 0 Å². The molecule has 0 saturated carbocycles. The molecule has 0 aliphatic carbocycles. The van der Waals surface area contributed by atoms with Crippen molar-refractivity contribution >= 4 is 27.5 Å². The van der Waals surface area contributed by atoms with E-state index in [-0.39, 0.29) is 24.1 Å². The first-order valence-electron chi connectivity index (χ1n) is 12.0. The fraction of sp³-hybridized carbons (Fsp3) is 0.462. The zero-order valence-electron chi connectivity index (χ0n) is 21.3. The van der Waals surface area contributed by atoms with Crippen LogP contribution in [0.5, 0.6) is 11.5 Å². The summed E-state index contributed by atoms with van der Waals surface area (Å²) in [5.74, 6) is 0.436. The summed E-state index contributed by atoms with van der Waals surface area (Å²) in [6.45, 7) is 6.69. The Labute approximate surface area is 213 Å². The van der Waals surface area contributed by atoms with Gasteiger partial charge in [-0.25, -0.2) is 8.42 Å². The van der Waals surface area contributed by atoms with Gasteiger partial charge in [0.25, 0.3) is 0 Å². The summed E-state index contributed by atoms with van der Waals surface area (Å²) in [6, 6.07) is 13.6. The molecule has 1 heterocycles. The molecule has 1 unspecified atom stereocenters. The largest absolute Gasteiger partial charge is 0.486 e. The first-order valence-corrected chi connectivity index (χ1v) is 13.9. The van der Waals surface area contributed by atoms with Crippen molar-refractivity contribution in [1.29, 1.82) is 0 Å². The molecule has 0 aromatic heterocycles. The van der Waals surface area contributed by atoms with Gasteiger partial charge in [-0.15, -0.1) is 0 Å². The molecular formula is C26H35N3O6S. The minimum absolute atomic E-state index is 0.255. The van der Waals surface area contributed by atoms with Gasteiger partial charge in [-0.3, -0.25) is 13.9 Å². The van der Waals surface area contributed by atoms with E-state index in [2.05, 4.69) is 5.32 Å². The van der Waals surface area contributed by atoms with E-state index in [1.165, 1.54) is 4.90 Å². The third-order valence-electron chi connectivity index (χ3n) is 5.83. The van der Waals surface area contributed by atoms with Crippen molar-refractivity contribution in [2.45, 2.75) is 33.2 Å². The van der Waals surface area contributed by atoms with Crippen LogP contribution in [0.15, 0.2) is 48.5 Å². The van der Waals surface area contributed by atoms with Crippen LogP contribution >= 0.6 is 0 Å². The van der Waals surface area contributed by atoms with Crippen molar-refractivity contribution < 1.29 is 27.5 Å². The van der Waals surface area contributed by atoms with E-state index in [1.54, 1.807) is 25.1 Å². The molecule has 1 aliphatic heterocycles. The Morgan fingerprint density at radius 1 is 1.00 bits per heavy atom. The standard InChI is InChI=1S/C26H35N3O6S/c1-19(2)17-27-26(31)20(3)28(13-12-21-8-6-5-7-9-21)25(30)18-29(36(4,32)33)22-10-11-23-24(16-22)35-15-14-34-23/h5-11,16,19-20H,12-15,17-18H2,1-4H3,(H,27,31). The van der Waals surface area contributed by atoms with Crippen molar-refractivity contribution in [2.75, 3.05) is 43.4 Å². The lowest BCUT2D eigenvalue weighted by Gasteiger charge is -2.32. The second-order valence-electron chi connectivity index (χ2n) is 9.24. The fourth-order valence-electron chi connectivity index (χ4n) is 3.82. The Hall–Kier alpha value is -3.27.